The Morgan fingerprint density at radius 1 is 0.203 bits per heavy atom. The zero-order chi connectivity index (χ0) is 50.3. The highest BCUT2D eigenvalue weighted by molar-refractivity contribution is 5.81. The molecule has 74 heavy (non-hydrogen) atoms. The number of fused-ring (bicyclic) bond motifs is 9. The fraction of sp³-hybridized carbons (Fsp3) is 0.108. The van der Waals surface area contributed by atoms with Gasteiger partial charge in [0.15, 0.2) is 0 Å². The van der Waals surface area contributed by atoms with Crippen molar-refractivity contribution >= 4 is 0 Å². The summed E-state index contributed by atoms with van der Waals surface area (Å²) in [6.07, 6.45) is 0. The van der Waals surface area contributed by atoms with Gasteiger partial charge in [-0.2, -0.15) is 0 Å². The third-order valence-corrected chi connectivity index (χ3v) is 16.4. The molecule has 0 atom stereocenters. The monoisotopic (exact) mass is 936 g/mol. The second-order valence-electron chi connectivity index (χ2n) is 20.0. The van der Waals surface area contributed by atoms with Gasteiger partial charge in [-0.25, -0.2) is 0 Å². The third kappa shape index (κ3) is 7.29. The van der Waals surface area contributed by atoms with Crippen molar-refractivity contribution in [1.82, 2.24) is 0 Å². The van der Waals surface area contributed by atoms with Crippen LogP contribution in [0.5, 0.6) is 0 Å². The van der Waals surface area contributed by atoms with Crippen molar-refractivity contribution in [2.45, 2.75) is 43.9 Å². The maximum Gasteiger partial charge on any atom is 0.0409 e. The Bertz CT molecular complexity index is 3420. The minimum absolute atomic E-state index is 0.485. The van der Waals surface area contributed by atoms with E-state index in [0.29, 0.717) is 0 Å². The first kappa shape index (κ1) is 45.5. The molecule has 0 spiro atoms. The van der Waals surface area contributed by atoms with E-state index in [2.05, 4.69) is 208 Å². The van der Waals surface area contributed by atoms with E-state index in [4.69, 9.17) is 0 Å². The Hall–Kier alpha value is -9.66. The van der Waals surface area contributed by atoms with E-state index in [1.807, 2.05) is 109 Å². The quantitative estimate of drug-likeness (QED) is 0.133. The molecule has 9 aromatic rings. The molecule has 0 amide bonds. The standard InChI is InChI=1S/C74H48/c1-71-65-47-59(41-35-53-23-11-5-12-24-53)61(43-37-55-27-15-7-16-28-55)49-67(65)72(2)69-51-63(45-39-57-31-19-9-20-32-57)64(46-40-58-33-21-10-22-34-58)52-70(69)73(3,74(71,72)4)68-50-62(44-38-56-29-17-8-18-30-56)60(48-66(68)71)42-36-54-25-13-6-14-26-54/h5-34,47-52H,1-4H3. The van der Waals surface area contributed by atoms with Crippen LogP contribution in [0.1, 0.15) is 128 Å². The van der Waals surface area contributed by atoms with Crippen molar-refractivity contribution in [3.05, 3.63) is 319 Å². The molecule has 9 aromatic carbocycles. The van der Waals surface area contributed by atoms with Gasteiger partial charge in [-0.3, -0.25) is 0 Å². The highest BCUT2D eigenvalue weighted by Gasteiger charge is 2.80. The summed E-state index contributed by atoms with van der Waals surface area (Å²) in [5.41, 5.74) is 16.4. The van der Waals surface area contributed by atoms with Crippen LogP contribution in [0.15, 0.2) is 218 Å². The van der Waals surface area contributed by atoms with E-state index in [9.17, 15) is 0 Å². The summed E-state index contributed by atoms with van der Waals surface area (Å²) in [7, 11) is 0. The molecule has 0 unspecified atom stereocenters. The molecule has 0 N–H and O–H groups in total. The van der Waals surface area contributed by atoms with Gasteiger partial charge in [0.05, 0.1) is 0 Å². The molecule has 0 fully saturated rings. The summed E-state index contributed by atoms with van der Waals surface area (Å²) in [4.78, 5) is 0. The average molecular weight is 937 g/mol. The minimum atomic E-state index is -0.560. The van der Waals surface area contributed by atoms with E-state index < -0.39 is 21.7 Å². The van der Waals surface area contributed by atoms with Crippen LogP contribution in [0.4, 0.5) is 0 Å². The predicted molar refractivity (Wildman–Crippen MR) is 301 cm³/mol. The zero-order valence-electron chi connectivity index (χ0n) is 41.8. The molecule has 344 valence electrons. The van der Waals surface area contributed by atoms with Crippen LogP contribution in [0.2, 0.25) is 0 Å². The average Bonchev–Trinajstić information content (AvgIpc) is 3.96. The fourth-order valence-electron chi connectivity index (χ4n) is 12.4. The van der Waals surface area contributed by atoms with Crippen LogP contribution in [-0.2, 0) is 16.2 Å². The maximum atomic E-state index is 3.66. The summed E-state index contributed by atoms with van der Waals surface area (Å²) in [5, 5.41) is 0. The molecule has 0 heteroatoms. The molecule has 0 nitrogen and oxygen atoms in total. The molecule has 0 saturated heterocycles. The molecule has 0 aromatic heterocycles. The van der Waals surface area contributed by atoms with Crippen LogP contribution in [0.3, 0.4) is 0 Å². The largest absolute Gasteiger partial charge is 0.0622 e. The van der Waals surface area contributed by atoms with Gasteiger partial charge in [0.2, 0.25) is 0 Å². The van der Waals surface area contributed by atoms with Gasteiger partial charge in [-0.05, 0) is 143 Å². The molecule has 12 rings (SSSR count). The lowest BCUT2D eigenvalue weighted by molar-refractivity contribution is 0.0997. The Morgan fingerprint density at radius 3 is 0.500 bits per heavy atom. The first-order valence-corrected chi connectivity index (χ1v) is 25.2. The summed E-state index contributed by atoms with van der Waals surface area (Å²) in [6, 6.07) is 75.6. The highest BCUT2D eigenvalue weighted by Crippen LogP contribution is 2.82. The summed E-state index contributed by atoms with van der Waals surface area (Å²) in [5.74, 6) is 43.1. The molecule has 0 heterocycles. The molecule has 3 aliphatic rings. The van der Waals surface area contributed by atoms with Crippen molar-refractivity contribution in [2.75, 3.05) is 0 Å². The van der Waals surface area contributed by atoms with Crippen LogP contribution >= 0.6 is 0 Å². The van der Waals surface area contributed by atoms with E-state index in [-0.39, 0.29) is 0 Å². The van der Waals surface area contributed by atoms with Crippen LogP contribution < -0.4 is 0 Å². The lowest BCUT2D eigenvalue weighted by atomic mass is 9.52. The Kier molecular flexibility index (Phi) is 11.2. The third-order valence-electron chi connectivity index (χ3n) is 16.4. The van der Waals surface area contributed by atoms with Gasteiger partial charge in [-0.15, -0.1) is 0 Å². The maximum absolute atomic E-state index is 3.66. The smallest absolute Gasteiger partial charge is 0.0409 e. The van der Waals surface area contributed by atoms with Crippen molar-refractivity contribution in [1.29, 1.82) is 0 Å². The lowest BCUT2D eigenvalue weighted by Gasteiger charge is -2.49. The van der Waals surface area contributed by atoms with Crippen molar-refractivity contribution < 1.29 is 0 Å². The molecule has 0 radical (unpaired) electrons. The SMILES string of the molecule is CC12c3cc(C#Cc4ccccc4)c(C#Cc4ccccc4)cc3C3(C)c4cc(C#Cc5ccccc5)c(C#Cc5ccccc5)cc4C(C)(c4cc(C#Cc5ccccc5)c(C#Cc5ccccc5)cc41)C23C. The van der Waals surface area contributed by atoms with Crippen molar-refractivity contribution in [3.63, 3.8) is 0 Å². The van der Waals surface area contributed by atoms with E-state index in [1.165, 1.54) is 33.4 Å². The first-order valence-electron chi connectivity index (χ1n) is 25.2. The molecule has 3 aliphatic carbocycles. The molecule has 0 saturated carbocycles. The number of rotatable bonds is 0. The first-order chi connectivity index (χ1) is 36.2. The van der Waals surface area contributed by atoms with Gasteiger partial charge >= 0.3 is 0 Å². The van der Waals surface area contributed by atoms with E-state index >= 15 is 0 Å². The van der Waals surface area contributed by atoms with Gasteiger partial charge in [0, 0.05) is 88.4 Å². The minimum Gasteiger partial charge on any atom is -0.0622 e. The predicted octanol–water partition coefficient (Wildman–Crippen LogP) is 14.4. The molecule has 0 bridgehead atoms. The van der Waals surface area contributed by atoms with E-state index in [1.54, 1.807) is 0 Å². The van der Waals surface area contributed by atoms with Crippen molar-refractivity contribution in [3.8, 4) is 71.0 Å². The number of hydrogen-bond acceptors (Lipinski definition) is 0. The van der Waals surface area contributed by atoms with Gasteiger partial charge in [-0.1, -0.05) is 208 Å². The van der Waals surface area contributed by atoms with Crippen LogP contribution in [0.25, 0.3) is 0 Å². The van der Waals surface area contributed by atoms with Gasteiger partial charge < -0.3 is 0 Å². The zero-order valence-corrected chi connectivity index (χ0v) is 41.8. The number of benzene rings is 9. The second-order valence-corrected chi connectivity index (χ2v) is 20.0. The van der Waals surface area contributed by atoms with Gasteiger partial charge in [0.25, 0.3) is 0 Å². The molecular formula is C74H48. The van der Waals surface area contributed by atoms with Crippen LogP contribution in [-0.4, -0.2) is 0 Å². The summed E-state index contributed by atoms with van der Waals surface area (Å²) >= 11 is 0. The van der Waals surface area contributed by atoms with Crippen LogP contribution in [0, 0.1) is 76.5 Å². The Morgan fingerprint density at radius 2 is 0.351 bits per heavy atom. The van der Waals surface area contributed by atoms with E-state index in [0.717, 1.165) is 66.8 Å². The number of hydrogen-bond donors (Lipinski definition) is 0. The fourth-order valence-corrected chi connectivity index (χ4v) is 12.4. The lowest BCUT2D eigenvalue weighted by Crippen LogP contribution is -2.51. The summed E-state index contributed by atoms with van der Waals surface area (Å²) in [6.45, 7) is 9.97. The molecular weight excluding hydrogens is 889 g/mol. The molecule has 0 aliphatic heterocycles. The second kappa shape index (κ2) is 18.2. The Balaban J connectivity index is 1.19. The summed E-state index contributed by atoms with van der Waals surface area (Å²) < 4.78 is 0. The highest BCUT2D eigenvalue weighted by atomic mass is 14.8. The van der Waals surface area contributed by atoms with Gasteiger partial charge in [0.1, 0.15) is 0 Å². The Labute approximate surface area is 436 Å². The topological polar surface area (TPSA) is 0 Å². The van der Waals surface area contributed by atoms with Crippen molar-refractivity contribution in [2.24, 2.45) is 5.41 Å². The normalized spacial score (nSPS) is 19.5.